The first-order valence-corrected chi connectivity index (χ1v) is 11.1. The Morgan fingerprint density at radius 2 is 1.23 bits per heavy atom. The number of nitrogens with two attached hydrogens (primary N) is 1. The number of benzene rings is 2. The third-order valence-corrected chi connectivity index (χ3v) is 6.49. The van der Waals surface area contributed by atoms with Gasteiger partial charge in [-0.2, -0.15) is 0 Å². The summed E-state index contributed by atoms with van der Waals surface area (Å²) in [6.07, 6.45) is 3.58. The SMILES string of the molecule is CCOC(=O)C1CC(c2ccc(Cl)cc2)C1.NC(=O)C1CC(c2ccc(Cl)cc2)C1. The molecule has 2 fully saturated rings. The minimum atomic E-state index is -0.171. The lowest BCUT2D eigenvalue weighted by molar-refractivity contribution is -0.151. The number of ether oxygens (including phenoxy) is 1. The summed E-state index contributed by atoms with van der Waals surface area (Å²) < 4.78 is 4.99. The van der Waals surface area contributed by atoms with Gasteiger partial charge in [-0.1, -0.05) is 47.5 Å². The Morgan fingerprint density at radius 1 is 0.833 bits per heavy atom. The van der Waals surface area contributed by atoms with Crippen molar-refractivity contribution in [2.24, 2.45) is 17.6 Å². The van der Waals surface area contributed by atoms with E-state index in [4.69, 9.17) is 33.7 Å². The molecule has 0 saturated heterocycles. The van der Waals surface area contributed by atoms with Crippen molar-refractivity contribution in [1.29, 1.82) is 0 Å². The summed E-state index contributed by atoms with van der Waals surface area (Å²) in [6.45, 7) is 2.31. The van der Waals surface area contributed by atoms with Crippen molar-refractivity contribution in [3.05, 3.63) is 69.7 Å². The number of primary amides is 1. The molecule has 160 valence electrons. The Bertz CT molecular complexity index is 855. The van der Waals surface area contributed by atoms with Gasteiger partial charge < -0.3 is 10.5 Å². The summed E-state index contributed by atoms with van der Waals surface area (Å²) in [6, 6.07) is 15.7. The van der Waals surface area contributed by atoms with Crippen LogP contribution in [0.3, 0.4) is 0 Å². The van der Waals surface area contributed by atoms with E-state index in [1.807, 2.05) is 55.5 Å². The molecule has 6 heteroatoms. The number of carbonyl (C=O) groups is 2. The van der Waals surface area contributed by atoms with E-state index < -0.39 is 0 Å². The first kappa shape index (κ1) is 22.6. The molecule has 0 heterocycles. The normalized spacial score (nSPS) is 24.5. The van der Waals surface area contributed by atoms with Crippen LogP contribution in [0.15, 0.2) is 48.5 Å². The zero-order valence-corrected chi connectivity index (χ0v) is 18.5. The summed E-state index contributed by atoms with van der Waals surface area (Å²) in [5.41, 5.74) is 7.73. The fraction of sp³-hybridized carbons (Fsp3) is 0.417. The van der Waals surface area contributed by atoms with E-state index in [0.717, 1.165) is 35.7 Å². The van der Waals surface area contributed by atoms with E-state index in [1.54, 1.807) is 0 Å². The zero-order chi connectivity index (χ0) is 21.7. The molecular weight excluding hydrogens is 421 g/mol. The van der Waals surface area contributed by atoms with Crippen molar-refractivity contribution in [2.45, 2.75) is 44.4 Å². The van der Waals surface area contributed by atoms with Crippen LogP contribution in [-0.4, -0.2) is 18.5 Å². The number of rotatable bonds is 5. The first-order valence-electron chi connectivity index (χ1n) is 10.3. The van der Waals surface area contributed by atoms with Crippen LogP contribution in [0.25, 0.3) is 0 Å². The van der Waals surface area contributed by atoms with Crippen LogP contribution in [0, 0.1) is 11.8 Å². The predicted octanol–water partition coefficient (Wildman–Crippen LogP) is 5.72. The quantitative estimate of drug-likeness (QED) is 0.596. The molecule has 2 N–H and O–H groups in total. The molecule has 2 aromatic rings. The number of hydrogen-bond acceptors (Lipinski definition) is 3. The lowest BCUT2D eigenvalue weighted by Gasteiger charge is -2.33. The van der Waals surface area contributed by atoms with Gasteiger partial charge in [0.2, 0.25) is 5.91 Å². The number of halogens is 2. The Hall–Kier alpha value is -2.04. The van der Waals surface area contributed by atoms with Crippen molar-refractivity contribution in [1.82, 2.24) is 0 Å². The Balaban J connectivity index is 0.000000172. The Morgan fingerprint density at radius 3 is 1.60 bits per heavy atom. The molecule has 30 heavy (non-hydrogen) atoms. The molecule has 4 nitrogen and oxygen atoms in total. The topological polar surface area (TPSA) is 69.4 Å². The molecule has 0 unspecified atom stereocenters. The largest absolute Gasteiger partial charge is 0.466 e. The van der Waals surface area contributed by atoms with Crippen LogP contribution in [-0.2, 0) is 14.3 Å². The molecule has 2 aromatic carbocycles. The van der Waals surface area contributed by atoms with Crippen LogP contribution in [0.1, 0.15) is 55.6 Å². The minimum Gasteiger partial charge on any atom is -0.466 e. The number of esters is 1. The monoisotopic (exact) mass is 447 g/mol. The molecule has 0 aliphatic heterocycles. The van der Waals surface area contributed by atoms with Gasteiger partial charge in [0.05, 0.1) is 12.5 Å². The highest BCUT2D eigenvalue weighted by Crippen LogP contribution is 2.42. The third-order valence-electron chi connectivity index (χ3n) is 5.98. The molecule has 2 aliphatic carbocycles. The molecule has 0 bridgehead atoms. The highest BCUT2D eigenvalue weighted by atomic mass is 35.5. The van der Waals surface area contributed by atoms with Crippen LogP contribution < -0.4 is 5.73 Å². The van der Waals surface area contributed by atoms with Gasteiger partial charge in [0.15, 0.2) is 0 Å². The lowest BCUT2D eigenvalue weighted by atomic mass is 9.71. The lowest BCUT2D eigenvalue weighted by Crippen LogP contribution is -2.33. The molecule has 0 radical (unpaired) electrons. The van der Waals surface area contributed by atoms with Crippen LogP contribution >= 0.6 is 23.2 Å². The van der Waals surface area contributed by atoms with E-state index in [2.05, 4.69) is 0 Å². The highest BCUT2D eigenvalue weighted by molar-refractivity contribution is 6.30. The van der Waals surface area contributed by atoms with Gasteiger partial charge >= 0.3 is 5.97 Å². The molecule has 0 atom stereocenters. The van der Waals surface area contributed by atoms with Gasteiger partial charge in [-0.05, 0) is 79.8 Å². The van der Waals surface area contributed by atoms with Crippen molar-refractivity contribution in [2.75, 3.05) is 6.61 Å². The van der Waals surface area contributed by atoms with Crippen molar-refractivity contribution in [3.8, 4) is 0 Å². The second kappa shape index (κ2) is 10.3. The number of amides is 1. The van der Waals surface area contributed by atoms with Gasteiger partial charge in [0, 0.05) is 16.0 Å². The maximum absolute atomic E-state index is 11.4. The first-order chi connectivity index (χ1) is 14.4. The summed E-state index contributed by atoms with van der Waals surface area (Å²) in [7, 11) is 0. The van der Waals surface area contributed by atoms with Gasteiger partial charge in [-0.3, -0.25) is 9.59 Å². The molecule has 2 aliphatic rings. The Kier molecular flexibility index (Phi) is 7.79. The predicted molar refractivity (Wildman–Crippen MR) is 120 cm³/mol. The highest BCUT2D eigenvalue weighted by Gasteiger charge is 2.36. The standard InChI is InChI=1S/C13H15ClO2.C11H12ClNO/c1-2-16-13(15)11-7-10(8-11)9-3-5-12(14)6-4-9;12-10-3-1-7(2-4-10)8-5-9(6-8)11(13)14/h3-6,10-11H,2,7-8H2,1H3;1-4,8-9H,5-6H2,(H2,13,14). The Labute approximate surface area is 187 Å². The van der Waals surface area contributed by atoms with E-state index in [1.165, 1.54) is 11.1 Å². The van der Waals surface area contributed by atoms with Gasteiger partial charge in [0.1, 0.15) is 0 Å². The number of carbonyl (C=O) groups excluding carboxylic acids is 2. The van der Waals surface area contributed by atoms with Crippen LogP contribution in [0.5, 0.6) is 0 Å². The van der Waals surface area contributed by atoms with Crippen molar-refractivity contribution in [3.63, 3.8) is 0 Å². The molecule has 2 saturated carbocycles. The fourth-order valence-corrected chi connectivity index (χ4v) is 4.19. The van der Waals surface area contributed by atoms with Gasteiger partial charge in [0.25, 0.3) is 0 Å². The summed E-state index contributed by atoms with van der Waals surface area (Å²) in [5, 5.41) is 1.50. The van der Waals surface area contributed by atoms with Crippen molar-refractivity contribution >= 4 is 35.1 Å². The van der Waals surface area contributed by atoms with E-state index >= 15 is 0 Å². The molecule has 0 aromatic heterocycles. The smallest absolute Gasteiger partial charge is 0.308 e. The van der Waals surface area contributed by atoms with Crippen molar-refractivity contribution < 1.29 is 14.3 Å². The molecular formula is C24H27Cl2NO3. The summed E-state index contributed by atoms with van der Waals surface area (Å²) >= 11 is 11.6. The molecule has 1 amide bonds. The van der Waals surface area contributed by atoms with Crippen LogP contribution in [0.4, 0.5) is 0 Å². The van der Waals surface area contributed by atoms with E-state index in [9.17, 15) is 9.59 Å². The third kappa shape index (κ3) is 5.77. The fourth-order valence-electron chi connectivity index (χ4n) is 3.93. The van der Waals surface area contributed by atoms with E-state index in [0.29, 0.717) is 18.4 Å². The summed E-state index contributed by atoms with van der Waals surface area (Å²) in [4.78, 5) is 22.2. The van der Waals surface area contributed by atoms with Gasteiger partial charge in [-0.25, -0.2) is 0 Å². The summed E-state index contributed by atoms with van der Waals surface area (Å²) in [5.74, 6) is 0.940. The zero-order valence-electron chi connectivity index (χ0n) is 17.0. The average molecular weight is 448 g/mol. The van der Waals surface area contributed by atoms with E-state index in [-0.39, 0.29) is 23.7 Å². The maximum Gasteiger partial charge on any atom is 0.308 e. The second-order valence-electron chi connectivity index (χ2n) is 7.99. The molecule has 0 spiro atoms. The maximum atomic E-state index is 11.4. The number of hydrogen-bond donors (Lipinski definition) is 1. The van der Waals surface area contributed by atoms with Crippen LogP contribution in [0.2, 0.25) is 10.0 Å². The minimum absolute atomic E-state index is 0.0484. The van der Waals surface area contributed by atoms with Gasteiger partial charge in [-0.15, -0.1) is 0 Å². The second-order valence-corrected chi connectivity index (χ2v) is 8.86. The average Bonchev–Trinajstić information content (AvgIpc) is 2.63. The molecule has 4 rings (SSSR count).